The molecule has 1 N–H and O–H groups in total. The SMILES string of the molecule is CN(C)CC[C@@]12CCCC[C@]1(O)CCc1ccccc12. The van der Waals surface area contributed by atoms with Gasteiger partial charge in [-0.3, -0.25) is 0 Å². The summed E-state index contributed by atoms with van der Waals surface area (Å²) >= 11 is 0. The van der Waals surface area contributed by atoms with E-state index in [9.17, 15) is 5.11 Å². The highest BCUT2D eigenvalue weighted by Crippen LogP contribution is 2.54. The maximum atomic E-state index is 11.4. The Labute approximate surface area is 122 Å². The molecule has 0 radical (unpaired) electrons. The Morgan fingerprint density at radius 1 is 1.10 bits per heavy atom. The molecule has 0 unspecified atom stereocenters. The maximum Gasteiger partial charge on any atom is 0.0747 e. The van der Waals surface area contributed by atoms with E-state index >= 15 is 0 Å². The molecule has 1 fully saturated rings. The van der Waals surface area contributed by atoms with E-state index in [-0.39, 0.29) is 5.41 Å². The molecule has 0 heterocycles. The molecule has 2 atom stereocenters. The molecule has 1 aromatic carbocycles. The van der Waals surface area contributed by atoms with Gasteiger partial charge in [-0.25, -0.2) is 0 Å². The van der Waals surface area contributed by atoms with Crippen LogP contribution in [0.5, 0.6) is 0 Å². The summed E-state index contributed by atoms with van der Waals surface area (Å²) in [6.07, 6.45) is 7.62. The van der Waals surface area contributed by atoms with Crippen molar-refractivity contribution in [1.82, 2.24) is 4.90 Å². The Hall–Kier alpha value is -0.860. The zero-order valence-corrected chi connectivity index (χ0v) is 12.9. The molecule has 0 amide bonds. The second-order valence-electron chi connectivity index (χ2n) is 7.03. The maximum absolute atomic E-state index is 11.4. The van der Waals surface area contributed by atoms with Gasteiger partial charge in [0.2, 0.25) is 0 Å². The van der Waals surface area contributed by atoms with Gasteiger partial charge in [0.25, 0.3) is 0 Å². The largest absolute Gasteiger partial charge is 0.389 e. The topological polar surface area (TPSA) is 23.5 Å². The highest BCUT2D eigenvalue weighted by Gasteiger charge is 2.54. The van der Waals surface area contributed by atoms with E-state index in [2.05, 4.69) is 43.3 Å². The molecule has 0 spiro atoms. The van der Waals surface area contributed by atoms with Crippen LogP contribution in [0.2, 0.25) is 0 Å². The van der Waals surface area contributed by atoms with Gasteiger partial charge in [0.05, 0.1) is 5.60 Å². The van der Waals surface area contributed by atoms with Gasteiger partial charge in [-0.1, -0.05) is 37.1 Å². The van der Waals surface area contributed by atoms with E-state index in [1.54, 1.807) is 0 Å². The normalized spacial score (nSPS) is 32.8. The summed E-state index contributed by atoms with van der Waals surface area (Å²) in [6.45, 7) is 1.05. The summed E-state index contributed by atoms with van der Waals surface area (Å²) in [5.41, 5.74) is 2.42. The minimum Gasteiger partial charge on any atom is -0.389 e. The monoisotopic (exact) mass is 273 g/mol. The van der Waals surface area contributed by atoms with Gasteiger partial charge < -0.3 is 10.0 Å². The van der Waals surface area contributed by atoms with Crippen LogP contribution in [-0.2, 0) is 11.8 Å². The average molecular weight is 273 g/mol. The van der Waals surface area contributed by atoms with Crippen LogP contribution >= 0.6 is 0 Å². The number of aliphatic hydroxyl groups is 1. The first-order valence-electron chi connectivity index (χ1n) is 8.03. The molecule has 2 nitrogen and oxygen atoms in total. The molecule has 3 rings (SSSR count). The zero-order valence-electron chi connectivity index (χ0n) is 12.9. The Kier molecular flexibility index (Phi) is 3.64. The van der Waals surface area contributed by atoms with Crippen molar-refractivity contribution in [2.75, 3.05) is 20.6 Å². The van der Waals surface area contributed by atoms with E-state index in [1.807, 2.05) is 0 Å². The molecule has 0 aromatic heterocycles. The fourth-order valence-corrected chi connectivity index (χ4v) is 4.52. The molecule has 20 heavy (non-hydrogen) atoms. The first kappa shape index (κ1) is 14.1. The second kappa shape index (κ2) is 5.16. The highest BCUT2D eigenvalue weighted by molar-refractivity contribution is 5.41. The number of fused-ring (bicyclic) bond motifs is 3. The number of hydrogen-bond acceptors (Lipinski definition) is 2. The van der Waals surface area contributed by atoms with Gasteiger partial charge in [-0.15, -0.1) is 0 Å². The summed E-state index contributed by atoms with van der Waals surface area (Å²) in [5, 5.41) is 11.4. The lowest BCUT2D eigenvalue weighted by atomic mass is 9.53. The number of aryl methyl sites for hydroxylation is 1. The molecule has 1 aromatic rings. The fraction of sp³-hybridized carbons (Fsp3) is 0.667. The average Bonchev–Trinajstić information content (AvgIpc) is 2.45. The van der Waals surface area contributed by atoms with Gasteiger partial charge in [0.15, 0.2) is 0 Å². The van der Waals surface area contributed by atoms with Crippen molar-refractivity contribution in [3.63, 3.8) is 0 Å². The van der Waals surface area contributed by atoms with Crippen LogP contribution in [0.15, 0.2) is 24.3 Å². The van der Waals surface area contributed by atoms with E-state index in [4.69, 9.17) is 0 Å². The fourth-order valence-electron chi connectivity index (χ4n) is 4.52. The molecular formula is C18H27NO. The van der Waals surface area contributed by atoms with Crippen LogP contribution in [0, 0.1) is 0 Å². The zero-order chi connectivity index (χ0) is 14.2. The van der Waals surface area contributed by atoms with Crippen molar-refractivity contribution in [3.8, 4) is 0 Å². The van der Waals surface area contributed by atoms with Gasteiger partial charge >= 0.3 is 0 Å². The van der Waals surface area contributed by atoms with Crippen molar-refractivity contribution in [2.24, 2.45) is 0 Å². The van der Waals surface area contributed by atoms with Crippen molar-refractivity contribution >= 4 is 0 Å². The third-order valence-corrected chi connectivity index (χ3v) is 5.66. The Morgan fingerprint density at radius 2 is 1.85 bits per heavy atom. The summed E-state index contributed by atoms with van der Waals surface area (Å²) in [4.78, 5) is 2.25. The third kappa shape index (κ3) is 2.10. The first-order valence-corrected chi connectivity index (χ1v) is 8.03. The minimum absolute atomic E-state index is 0.00956. The van der Waals surface area contributed by atoms with E-state index < -0.39 is 5.60 Å². The molecule has 110 valence electrons. The molecule has 0 saturated heterocycles. The third-order valence-electron chi connectivity index (χ3n) is 5.66. The van der Waals surface area contributed by atoms with Gasteiger partial charge in [-0.05, 0) is 63.9 Å². The van der Waals surface area contributed by atoms with Crippen LogP contribution < -0.4 is 0 Å². The molecule has 2 aliphatic carbocycles. The van der Waals surface area contributed by atoms with Crippen LogP contribution in [0.3, 0.4) is 0 Å². The Morgan fingerprint density at radius 3 is 2.65 bits per heavy atom. The number of nitrogens with zero attached hydrogens (tertiary/aromatic N) is 1. The lowest BCUT2D eigenvalue weighted by molar-refractivity contribution is -0.0887. The summed E-state index contributed by atoms with van der Waals surface area (Å²) in [5.74, 6) is 0. The summed E-state index contributed by atoms with van der Waals surface area (Å²) < 4.78 is 0. The number of rotatable bonds is 3. The number of hydrogen-bond donors (Lipinski definition) is 1. The summed E-state index contributed by atoms with van der Waals surface area (Å²) in [6, 6.07) is 8.84. The van der Waals surface area contributed by atoms with Crippen molar-refractivity contribution < 1.29 is 5.11 Å². The summed E-state index contributed by atoms with van der Waals surface area (Å²) in [7, 11) is 4.26. The first-order chi connectivity index (χ1) is 9.57. The van der Waals surface area contributed by atoms with Crippen molar-refractivity contribution in [1.29, 1.82) is 0 Å². The smallest absolute Gasteiger partial charge is 0.0747 e. The lowest BCUT2D eigenvalue weighted by Crippen LogP contribution is -2.57. The molecule has 1 saturated carbocycles. The van der Waals surface area contributed by atoms with Crippen LogP contribution in [-0.4, -0.2) is 36.2 Å². The van der Waals surface area contributed by atoms with Crippen LogP contribution in [0.25, 0.3) is 0 Å². The van der Waals surface area contributed by atoms with E-state index in [1.165, 1.54) is 24.0 Å². The minimum atomic E-state index is -0.477. The highest BCUT2D eigenvalue weighted by atomic mass is 16.3. The van der Waals surface area contributed by atoms with Crippen LogP contribution in [0.4, 0.5) is 0 Å². The predicted molar refractivity (Wildman–Crippen MR) is 83.0 cm³/mol. The molecule has 2 heteroatoms. The Bertz CT molecular complexity index is 484. The van der Waals surface area contributed by atoms with Crippen LogP contribution in [0.1, 0.15) is 49.7 Å². The van der Waals surface area contributed by atoms with Gasteiger partial charge in [0, 0.05) is 5.41 Å². The molecular weight excluding hydrogens is 246 g/mol. The molecule has 0 aliphatic heterocycles. The molecule has 0 bridgehead atoms. The molecule has 2 aliphatic rings. The van der Waals surface area contributed by atoms with Gasteiger partial charge in [-0.2, -0.15) is 0 Å². The Balaban J connectivity index is 2.05. The standard InChI is InChI=1S/C18H27NO/c1-19(2)14-13-17-10-5-6-11-18(17,20)12-9-15-7-3-4-8-16(15)17/h3-4,7-8,20H,5-6,9-14H2,1-2H3/t17-,18+/m1/s1. The quantitative estimate of drug-likeness (QED) is 0.914. The van der Waals surface area contributed by atoms with Crippen molar-refractivity contribution in [2.45, 2.75) is 56.0 Å². The predicted octanol–water partition coefficient (Wildman–Crippen LogP) is 3.13. The van der Waals surface area contributed by atoms with E-state index in [0.717, 1.165) is 38.6 Å². The van der Waals surface area contributed by atoms with Crippen molar-refractivity contribution in [3.05, 3.63) is 35.4 Å². The second-order valence-corrected chi connectivity index (χ2v) is 7.03. The lowest BCUT2D eigenvalue weighted by Gasteiger charge is -2.55. The van der Waals surface area contributed by atoms with E-state index in [0.29, 0.717) is 0 Å². The number of benzene rings is 1. The van der Waals surface area contributed by atoms with Gasteiger partial charge in [0.1, 0.15) is 0 Å².